The lowest BCUT2D eigenvalue weighted by atomic mass is 10.1. The second-order valence-electron chi connectivity index (χ2n) is 3.23. The minimum absolute atomic E-state index is 0.242. The Morgan fingerprint density at radius 1 is 1.43 bits per heavy atom. The molecular weight excluding hydrogens is 176 g/mol. The van der Waals surface area contributed by atoms with Crippen molar-refractivity contribution >= 4 is 5.97 Å². The van der Waals surface area contributed by atoms with Crippen molar-refractivity contribution in [2.45, 2.75) is 26.7 Å². The van der Waals surface area contributed by atoms with Crippen molar-refractivity contribution in [3.05, 3.63) is 36.5 Å². The molecule has 0 aliphatic heterocycles. The number of hydrogen-bond donors (Lipinski definition) is 0. The van der Waals surface area contributed by atoms with Gasteiger partial charge in [0.1, 0.15) is 6.61 Å². The Hall–Kier alpha value is -1.31. The van der Waals surface area contributed by atoms with E-state index >= 15 is 0 Å². The lowest BCUT2D eigenvalue weighted by Gasteiger charge is -2.02. The van der Waals surface area contributed by atoms with E-state index in [9.17, 15) is 4.79 Å². The molecule has 2 nitrogen and oxygen atoms in total. The van der Waals surface area contributed by atoms with E-state index in [4.69, 9.17) is 4.74 Å². The number of ether oxygens (including phenoxy) is 1. The fraction of sp³-hybridized carbons (Fsp3) is 0.417. The van der Waals surface area contributed by atoms with Crippen LogP contribution in [0.2, 0.25) is 0 Å². The molecule has 0 amide bonds. The first-order chi connectivity index (χ1) is 6.56. The molecule has 0 radical (unpaired) electrons. The summed E-state index contributed by atoms with van der Waals surface area (Å²) in [4.78, 5) is 10.5. The minimum atomic E-state index is -0.242. The van der Waals surface area contributed by atoms with Crippen LogP contribution in [0.3, 0.4) is 0 Å². The first-order valence-corrected chi connectivity index (χ1v) is 4.65. The molecule has 0 fully saturated rings. The van der Waals surface area contributed by atoms with Gasteiger partial charge in [-0.25, -0.2) is 0 Å². The fourth-order valence-electron chi connectivity index (χ4n) is 0.880. The molecule has 2 heteroatoms. The van der Waals surface area contributed by atoms with Crippen LogP contribution in [0, 0.1) is 0 Å². The average Bonchev–Trinajstić information content (AvgIpc) is 2.14. The quantitative estimate of drug-likeness (QED) is 0.369. The maximum Gasteiger partial charge on any atom is 0.302 e. The van der Waals surface area contributed by atoms with Gasteiger partial charge in [-0.2, -0.15) is 0 Å². The van der Waals surface area contributed by atoms with Crippen LogP contribution in [0.5, 0.6) is 0 Å². The molecule has 0 atom stereocenters. The van der Waals surface area contributed by atoms with Crippen LogP contribution >= 0.6 is 0 Å². The van der Waals surface area contributed by atoms with E-state index in [-0.39, 0.29) is 5.97 Å². The van der Waals surface area contributed by atoms with Crippen molar-refractivity contribution in [1.82, 2.24) is 0 Å². The zero-order valence-electron chi connectivity index (χ0n) is 9.01. The van der Waals surface area contributed by atoms with Crippen molar-refractivity contribution in [2.24, 2.45) is 0 Å². The Morgan fingerprint density at radius 2 is 2.07 bits per heavy atom. The summed E-state index contributed by atoms with van der Waals surface area (Å²) in [6.07, 6.45) is 5.63. The van der Waals surface area contributed by atoms with Crippen LogP contribution < -0.4 is 0 Å². The summed E-state index contributed by atoms with van der Waals surface area (Å²) in [6.45, 7) is 11.2. The van der Waals surface area contributed by atoms with Crippen LogP contribution in [-0.4, -0.2) is 12.6 Å². The van der Waals surface area contributed by atoms with Crippen LogP contribution in [0.1, 0.15) is 26.7 Å². The number of carbonyl (C=O) groups excluding carboxylic acids is 1. The summed E-state index contributed by atoms with van der Waals surface area (Å²) >= 11 is 0. The van der Waals surface area contributed by atoms with E-state index in [0.29, 0.717) is 6.61 Å². The van der Waals surface area contributed by atoms with Gasteiger partial charge in [-0.15, -0.1) is 0 Å². The zero-order chi connectivity index (χ0) is 11.0. The lowest BCUT2D eigenvalue weighted by molar-refractivity contribution is -0.139. The van der Waals surface area contributed by atoms with E-state index in [1.54, 1.807) is 6.08 Å². The Labute approximate surface area is 86.0 Å². The van der Waals surface area contributed by atoms with Crippen LogP contribution in [0.25, 0.3) is 0 Å². The second kappa shape index (κ2) is 7.13. The van der Waals surface area contributed by atoms with E-state index in [0.717, 1.165) is 24.0 Å². The summed E-state index contributed by atoms with van der Waals surface area (Å²) in [7, 11) is 0. The third-order valence-corrected chi connectivity index (χ3v) is 1.75. The largest absolute Gasteiger partial charge is 0.461 e. The summed E-state index contributed by atoms with van der Waals surface area (Å²) in [5.41, 5.74) is 2.10. The Morgan fingerprint density at radius 3 is 2.57 bits per heavy atom. The molecular formula is C12H18O2. The van der Waals surface area contributed by atoms with Crippen molar-refractivity contribution < 1.29 is 9.53 Å². The smallest absolute Gasteiger partial charge is 0.302 e. The average molecular weight is 194 g/mol. The molecule has 14 heavy (non-hydrogen) atoms. The van der Waals surface area contributed by atoms with Crippen molar-refractivity contribution in [3.63, 3.8) is 0 Å². The number of allylic oxidation sites excluding steroid dienone is 3. The molecule has 78 valence electrons. The molecule has 0 aromatic heterocycles. The zero-order valence-corrected chi connectivity index (χ0v) is 9.01. The lowest BCUT2D eigenvalue weighted by Crippen LogP contribution is -2.01. The summed E-state index contributed by atoms with van der Waals surface area (Å²) < 4.78 is 4.84. The molecule has 0 aromatic rings. The first-order valence-electron chi connectivity index (χ1n) is 4.65. The molecule has 0 aliphatic carbocycles. The monoisotopic (exact) mass is 194 g/mol. The number of rotatable bonds is 6. The molecule has 0 bridgehead atoms. The Bertz CT molecular complexity index is 249. The predicted octanol–water partition coefficient (Wildman–Crippen LogP) is 3.02. The highest BCUT2D eigenvalue weighted by atomic mass is 16.5. The Kier molecular flexibility index (Phi) is 6.46. The Balaban J connectivity index is 3.71. The molecule has 0 unspecified atom stereocenters. The maximum atomic E-state index is 10.5. The van der Waals surface area contributed by atoms with Crippen LogP contribution in [0.15, 0.2) is 36.5 Å². The molecule has 0 saturated carbocycles. The van der Waals surface area contributed by atoms with Gasteiger partial charge >= 0.3 is 5.97 Å². The highest BCUT2D eigenvalue weighted by Gasteiger charge is 1.94. The molecule has 0 saturated heterocycles. The summed E-state index contributed by atoms with van der Waals surface area (Å²) in [6, 6.07) is 0. The highest BCUT2D eigenvalue weighted by Crippen LogP contribution is 2.06. The van der Waals surface area contributed by atoms with E-state index < -0.39 is 0 Å². The third kappa shape index (κ3) is 7.35. The normalized spacial score (nSPS) is 10.9. The van der Waals surface area contributed by atoms with Gasteiger partial charge in [0.05, 0.1) is 0 Å². The summed E-state index contributed by atoms with van der Waals surface area (Å²) in [5, 5.41) is 0. The van der Waals surface area contributed by atoms with Gasteiger partial charge in [0.2, 0.25) is 0 Å². The van der Waals surface area contributed by atoms with Gasteiger partial charge in [-0.05, 0) is 25.3 Å². The second-order valence-corrected chi connectivity index (χ2v) is 3.23. The van der Waals surface area contributed by atoms with Crippen molar-refractivity contribution in [1.29, 1.82) is 0 Å². The third-order valence-electron chi connectivity index (χ3n) is 1.75. The van der Waals surface area contributed by atoms with E-state index in [2.05, 4.69) is 19.2 Å². The van der Waals surface area contributed by atoms with Gasteiger partial charge in [-0.1, -0.05) is 30.9 Å². The van der Waals surface area contributed by atoms with Crippen molar-refractivity contribution in [2.75, 3.05) is 6.61 Å². The first kappa shape index (κ1) is 12.7. The van der Waals surface area contributed by atoms with Crippen molar-refractivity contribution in [3.8, 4) is 0 Å². The van der Waals surface area contributed by atoms with E-state index in [1.165, 1.54) is 6.92 Å². The SMILES string of the molecule is C=CC(=C)CCC=C(C)COC(C)=O. The van der Waals surface area contributed by atoms with Crippen LogP contribution in [-0.2, 0) is 9.53 Å². The molecule has 0 N–H and O–H groups in total. The fourth-order valence-corrected chi connectivity index (χ4v) is 0.880. The van der Waals surface area contributed by atoms with E-state index in [1.807, 2.05) is 6.92 Å². The maximum absolute atomic E-state index is 10.5. The van der Waals surface area contributed by atoms with Gasteiger partial charge < -0.3 is 4.74 Å². The molecule has 0 rings (SSSR count). The van der Waals surface area contributed by atoms with Crippen LogP contribution in [0.4, 0.5) is 0 Å². The molecule has 0 heterocycles. The standard InChI is InChI=1S/C12H18O2/c1-5-10(2)7-6-8-11(3)9-14-12(4)13/h5,8H,1-2,6-7,9H2,3-4H3. The van der Waals surface area contributed by atoms with Gasteiger partial charge in [0.15, 0.2) is 0 Å². The topological polar surface area (TPSA) is 26.3 Å². The minimum Gasteiger partial charge on any atom is -0.461 e. The number of hydrogen-bond acceptors (Lipinski definition) is 2. The summed E-state index contributed by atoms with van der Waals surface area (Å²) in [5.74, 6) is -0.242. The molecule has 0 aromatic carbocycles. The predicted molar refractivity (Wildman–Crippen MR) is 59.0 cm³/mol. The number of carbonyl (C=O) groups is 1. The van der Waals surface area contributed by atoms with Gasteiger partial charge in [0, 0.05) is 6.92 Å². The van der Waals surface area contributed by atoms with Gasteiger partial charge in [-0.3, -0.25) is 4.79 Å². The highest BCUT2D eigenvalue weighted by molar-refractivity contribution is 5.66. The molecule has 0 spiro atoms. The number of esters is 1. The van der Waals surface area contributed by atoms with Gasteiger partial charge in [0.25, 0.3) is 0 Å². The molecule has 0 aliphatic rings.